The Morgan fingerprint density at radius 1 is 1.27 bits per heavy atom. The summed E-state index contributed by atoms with van der Waals surface area (Å²) in [6.45, 7) is 3.24. The number of nitrogens with one attached hydrogen (secondary N) is 2. The summed E-state index contributed by atoms with van der Waals surface area (Å²) in [6.07, 6.45) is 7.00. The monoisotopic (exact) mass is 210 g/mol. The van der Waals surface area contributed by atoms with Gasteiger partial charge in [0.2, 0.25) is 5.91 Å². The largest absolute Gasteiger partial charge is 0.352 e. The molecule has 0 spiro atoms. The molecule has 0 aromatic carbocycles. The quantitative estimate of drug-likeness (QED) is 0.724. The van der Waals surface area contributed by atoms with E-state index < -0.39 is 0 Å². The molecule has 0 aromatic heterocycles. The van der Waals surface area contributed by atoms with Crippen LogP contribution in [0.25, 0.3) is 0 Å². The molecule has 0 aromatic rings. The third kappa shape index (κ3) is 2.94. The van der Waals surface area contributed by atoms with Crippen LogP contribution in [0.15, 0.2) is 0 Å². The van der Waals surface area contributed by atoms with Gasteiger partial charge in [0.15, 0.2) is 0 Å². The number of hydrogen-bond donors (Lipinski definition) is 2. The van der Waals surface area contributed by atoms with E-state index in [1.54, 1.807) is 0 Å². The van der Waals surface area contributed by atoms with Crippen molar-refractivity contribution in [1.29, 1.82) is 0 Å². The van der Waals surface area contributed by atoms with E-state index in [1.807, 2.05) is 0 Å². The van der Waals surface area contributed by atoms with Crippen LogP contribution in [-0.2, 0) is 4.79 Å². The standard InChI is InChI=1S/C12H22N2O/c1-9-7-10(8-9)14-12(15)11-5-3-2-4-6-13-11/h9-11,13H,2-8H2,1H3,(H,14,15). The molecule has 0 radical (unpaired) electrons. The van der Waals surface area contributed by atoms with Crippen LogP contribution >= 0.6 is 0 Å². The number of carbonyl (C=O) groups is 1. The van der Waals surface area contributed by atoms with Gasteiger partial charge in [-0.2, -0.15) is 0 Å². The average molecular weight is 210 g/mol. The van der Waals surface area contributed by atoms with Gasteiger partial charge in [-0.25, -0.2) is 0 Å². The first-order valence-corrected chi connectivity index (χ1v) is 6.29. The van der Waals surface area contributed by atoms with Crippen molar-refractivity contribution >= 4 is 5.91 Å². The molecule has 1 saturated carbocycles. The minimum Gasteiger partial charge on any atom is -0.352 e. The molecule has 3 heteroatoms. The van der Waals surface area contributed by atoms with E-state index in [2.05, 4.69) is 17.6 Å². The van der Waals surface area contributed by atoms with Crippen molar-refractivity contribution in [2.45, 2.75) is 57.5 Å². The topological polar surface area (TPSA) is 41.1 Å². The van der Waals surface area contributed by atoms with Crippen molar-refractivity contribution in [2.24, 2.45) is 5.92 Å². The highest BCUT2D eigenvalue weighted by molar-refractivity contribution is 5.82. The van der Waals surface area contributed by atoms with Gasteiger partial charge in [0, 0.05) is 6.04 Å². The zero-order valence-corrected chi connectivity index (χ0v) is 9.59. The molecular formula is C12H22N2O. The normalized spacial score (nSPS) is 36.5. The SMILES string of the molecule is CC1CC(NC(=O)C2CCCCCN2)C1. The fourth-order valence-electron chi connectivity index (χ4n) is 2.57. The first-order valence-electron chi connectivity index (χ1n) is 6.29. The van der Waals surface area contributed by atoms with E-state index in [9.17, 15) is 4.79 Å². The third-order valence-corrected chi connectivity index (χ3v) is 3.60. The minimum atomic E-state index is 0.0726. The molecule has 2 fully saturated rings. The first-order chi connectivity index (χ1) is 7.25. The Morgan fingerprint density at radius 3 is 2.80 bits per heavy atom. The van der Waals surface area contributed by atoms with Gasteiger partial charge in [-0.15, -0.1) is 0 Å². The van der Waals surface area contributed by atoms with Crippen LogP contribution in [0.4, 0.5) is 0 Å². The minimum absolute atomic E-state index is 0.0726. The fraction of sp³-hybridized carbons (Fsp3) is 0.917. The Balaban J connectivity index is 1.74. The van der Waals surface area contributed by atoms with E-state index >= 15 is 0 Å². The van der Waals surface area contributed by atoms with Gasteiger partial charge in [0.25, 0.3) is 0 Å². The highest BCUT2D eigenvalue weighted by Gasteiger charge is 2.29. The van der Waals surface area contributed by atoms with Crippen LogP contribution in [-0.4, -0.2) is 24.5 Å². The predicted octanol–water partition coefficient (Wildman–Crippen LogP) is 1.43. The Bertz CT molecular complexity index is 216. The highest BCUT2D eigenvalue weighted by atomic mass is 16.2. The summed E-state index contributed by atoms with van der Waals surface area (Å²) in [4.78, 5) is 11.9. The summed E-state index contributed by atoms with van der Waals surface area (Å²) in [5.74, 6) is 1.03. The van der Waals surface area contributed by atoms with E-state index in [0.29, 0.717) is 6.04 Å². The van der Waals surface area contributed by atoms with Gasteiger partial charge >= 0.3 is 0 Å². The average Bonchev–Trinajstić information content (AvgIpc) is 2.43. The molecule has 1 amide bonds. The van der Waals surface area contributed by atoms with Crippen LogP contribution in [0.2, 0.25) is 0 Å². The second kappa shape index (κ2) is 4.97. The summed E-state index contributed by atoms with van der Waals surface area (Å²) >= 11 is 0. The van der Waals surface area contributed by atoms with Gasteiger partial charge < -0.3 is 10.6 Å². The molecule has 1 unspecified atom stereocenters. The molecule has 15 heavy (non-hydrogen) atoms. The molecule has 1 aliphatic heterocycles. The Hall–Kier alpha value is -0.570. The van der Waals surface area contributed by atoms with Crippen molar-refractivity contribution in [3.05, 3.63) is 0 Å². The molecule has 1 heterocycles. The lowest BCUT2D eigenvalue weighted by atomic mass is 9.82. The van der Waals surface area contributed by atoms with Crippen molar-refractivity contribution in [3.63, 3.8) is 0 Å². The lowest BCUT2D eigenvalue weighted by Crippen LogP contribution is -2.51. The van der Waals surface area contributed by atoms with Crippen molar-refractivity contribution in [3.8, 4) is 0 Å². The van der Waals surface area contributed by atoms with Crippen molar-refractivity contribution < 1.29 is 4.79 Å². The third-order valence-electron chi connectivity index (χ3n) is 3.60. The Labute approximate surface area is 92.0 Å². The molecule has 0 bridgehead atoms. The number of rotatable bonds is 2. The van der Waals surface area contributed by atoms with Crippen LogP contribution < -0.4 is 10.6 Å². The summed E-state index contributed by atoms with van der Waals surface area (Å²) < 4.78 is 0. The Morgan fingerprint density at radius 2 is 2.07 bits per heavy atom. The lowest BCUT2D eigenvalue weighted by Gasteiger charge is -2.34. The maximum atomic E-state index is 11.9. The highest BCUT2D eigenvalue weighted by Crippen LogP contribution is 2.26. The zero-order valence-electron chi connectivity index (χ0n) is 9.59. The molecule has 3 nitrogen and oxygen atoms in total. The van der Waals surface area contributed by atoms with Gasteiger partial charge in [-0.1, -0.05) is 19.8 Å². The molecule has 2 aliphatic rings. The number of amides is 1. The molecular weight excluding hydrogens is 188 g/mol. The van der Waals surface area contributed by atoms with E-state index in [1.165, 1.54) is 32.1 Å². The van der Waals surface area contributed by atoms with E-state index in [4.69, 9.17) is 0 Å². The maximum absolute atomic E-state index is 11.9. The molecule has 1 aliphatic carbocycles. The summed E-state index contributed by atoms with van der Waals surface area (Å²) in [5.41, 5.74) is 0. The van der Waals surface area contributed by atoms with Gasteiger partial charge in [0.1, 0.15) is 0 Å². The van der Waals surface area contributed by atoms with Gasteiger partial charge in [-0.3, -0.25) is 4.79 Å². The van der Waals surface area contributed by atoms with Crippen LogP contribution in [0.5, 0.6) is 0 Å². The number of carbonyl (C=O) groups excluding carboxylic acids is 1. The second-order valence-corrected chi connectivity index (χ2v) is 5.14. The second-order valence-electron chi connectivity index (χ2n) is 5.14. The molecule has 2 rings (SSSR count). The summed E-state index contributed by atoms with van der Waals surface area (Å²) in [5, 5.41) is 6.48. The summed E-state index contributed by atoms with van der Waals surface area (Å²) in [7, 11) is 0. The molecule has 1 atom stereocenters. The smallest absolute Gasteiger partial charge is 0.237 e. The molecule has 1 saturated heterocycles. The van der Waals surface area contributed by atoms with Crippen molar-refractivity contribution in [1.82, 2.24) is 10.6 Å². The summed E-state index contributed by atoms with van der Waals surface area (Å²) in [6, 6.07) is 0.529. The maximum Gasteiger partial charge on any atom is 0.237 e. The van der Waals surface area contributed by atoms with Gasteiger partial charge in [-0.05, 0) is 38.1 Å². The van der Waals surface area contributed by atoms with Crippen LogP contribution in [0, 0.1) is 5.92 Å². The fourth-order valence-corrected chi connectivity index (χ4v) is 2.57. The number of hydrogen-bond acceptors (Lipinski definition) is 2. The lowest BCUT2D eigenvalue weighted by molar-refractivity contribution is -0.124. The van der Waals surface area contributed by atoms with Crippen LogP contribution in [0.3, 0.4) is 0 Å². The first kappa shape index (κ1) is 10.9. The van der Waals surface area contributed by atoms with Crippen molar-refractivity contribution in [2.75, 3.05) is 6.54 Å². The Kier molecular flexibility index (Phi) is 3.62. The molecule has 86 valence electrons. The van der Waals surface area contributed by atoms with Crippen LogP contribution in [0.1, 0.15) is 45.4 Å². The molecule has 2 N–H and O–H groups in total. The van der Waals surface area contributed by atoms with E-state index in [0.717, 1.165) is 18.9 Å². The van der Waals surface area contributed by atoms with Gasteiger partial charge in [0.05, 0.1) is 6.04 Å². The van der Waals surface area contributed by atoms with E-state index in [-0.39, 0.29) is 11.9 Å². The zero-order chi connectivity index (χ0) is 10.7. The predicted molar refractivity (Wildman–Crippen MR) is 60.6 cm³/mol.